The molecule has 0 aliphatic carbocycles. The van der Waals surface area contributed by atoms with Crippen molar-refractivity contribution < 1.29 is 32.3 Å². The van der Waals surface area contributed by atoms with E-state index in [4.69, 9.17) is 14.8 Å². The topological polar surface area (TPSA) is 27.7 Å². The van der Waals surface area contributed by atoms with E-state index in [1.54, 1.807) is 20.8 Å². The number of halogens is 2. The van der Waals surface area contributed by atoms with Gasteiger partial charge in [0.25, 0.3) is 0 Å². The van der Waals surface area contributed by atoms with E-state index in [0.29, 0.717) is 19.8 Å². The molecule has 12 heavy (non-hydrogen) atoms. The van der Waals surface area contributed by atoms with Crippen molar-refractivity contribution in [2.75, 3.05) is 19.8 Å². The van der Waals surface area contributed by atoms with Crippen LogP contribution in [0.5, 0.6) is 0 Å². The van der Waals surface area contributed by atoms with Crippen molar-refractivity contribution in [2.24, 2.45) is 0 Å². The molecule has 75 valence electrons. The van der Waals surface area contributed by atoms with Crippen LogP contribution in [-0.2, 0) is 3.19 Å². The molecule has 0 saturated carbocycles. The molecular weight excluding hydrogens is 335 g/mol. The molecule has 3 nitrogen and oxygen atoms in total. The second kappa shape index (κ2) is 5.63. The van der Waals surface area contributed by atoms with Gasteiger partial charge in [0, 0.05) is 0 Å². The Morgan fingerprint density at radius 2 is 1.08 bits per heavy atom. The van der Waals surface area contributed by atoms with Crippen LogP contribution in [-0.4, -0.2) is 19.8 Å². The van der Waals surface area contributed by atoms with Crippen LogP contribution in [0.3, 0.4) is 0 Å². The van der Waals surface area contributed by atoms with Crippen LogP contribution in [0.25, 0.3) is 0 Å². The molecule has 0 aromatic heterocycles. The van der Waals surface area contributed by atoms with Crippen molar-refractivity contribution >= 4 is 11.6 Å². The van der Waals surface area contributed by atoms with Crippen LogP contribution in [0.2, 0.25) is 0 Å². The summed E-state index contributed by atoms with van der Waals surface area (Å²) in [7, 11) is 0. The second-order valence-electron chi connectivity index (χ2n) is 2.08. The van der Waals surface area contributed by atoms with E-state index < -0.39 is 29.1 Å². The van der Waals surface area contributed by atoms with Gasteiger partial charge in [-0.25, -0.2) is 0 Å². The summed E-state index contributed by atoms with van der Waals surface area (Å²) >= 11 is -4.76. The molecule has 0 aromatic carbocycles. The maximum atomic E-state index is 6.01. The van der Waals surface area contributed by atoms with Gasteiger partial charge in [-0.15, -0.1) is 0 Å². The molecule has 0 bridgehead atoms. The van der Waals surface area contributed by atoms with Crippen molar-refractivity contribution in [3.63, 3.8) is 0 Å². The first-order valence-corrected chi connectivity index (χ1v) is 15.9. The Hall–Kier alpha value is 1.81. The molecular formula is C6H15Cl2NdO3. The number of rotatable bonds is 6. The Kier molecular flexibility index (Phi) is 6.48. The summed E-state index contributed by atoms with van der Waals surface area (Å²) in [6.07, 6.45) is 0. The van der Waals surface area contributed by atoms with Crippen LogP contribution in [0.15, 0.2) is 0 Å². The minimum absolute atomic E-state index is 0.405. The van der Waals surface area contributed by atoms with Crippen LogP contribution in [0, 0.1) is 29.1 Å². The van der Waals surface area contributed by atoms with E-state index in [-0.39, 0.29) is 0 Å². The van der Waals surface area contributed by atoms with E-state index in [0.717, 1.165) is 0 Å². The van der Waals surface area contributed by atoms with Crippen LogP contribution < -0.4 is 0 Å². The van der Waals surface area contributed by atoms with Crippen LogP contribution >= 0.6 is 11.6 Å². The van der Waals surface area contributed by atoms with Gasteiger partial charge in [0.05, 0.1) is 0 Å². The van der Waals surface area contributed by atoms with Gasteiger partial charge in [0.15, 0.2) is 0 Å². The minimum atomic E-state index is -4.76. The normalized spacial score (nSPS) is 15.6. The summed E-state index contributed by atoms with van der Waals surface area (Å²) in [5.74, 6) is 12.0. The summed E-state index contributed by atoms with van der Waals surface area (Å²) < 4.78 is 15.6. The van der Waals surface area contributed by atoms with Crippen molar-refractivity contribution in [3.8, 4) is 0 Å². The summed E-state index contributed by atoms with van der Waals surface area (Å²) in [5, 5.41) is 0. The van der Waals surface area contributed by atoms with Crippen molar-refractivity contribution in [3.05, 3.63) is 0 Å². The third kappa shape index (κ3) is 4.88. The molecule has 0 saturated heterocycles. The molecule has 0 amide bonds. The monoisotopic (exact) mass is 347 g/mol. The van der Waals surface area contributed by atoms with Crippen LogP contribution in [0.4, 0.5) is 0 Å². The van der Waals surface area contributed by atoms with E-state index >= 15 is 0 Å². The van der Waals surface area contributed by atoms with Gasteiger partial charge >= 0.3 is 84.5 Å². The summed E-state index contributed by atoms with van der Waals surface area (Å²) in [5.41, 5.74) is 0. The summed E-state index contributed by atoms with van der Waals surface area (Å²) in [6, 6.07) is 0. The Morgan fingerprint density at radius 1 is 0.833 bits per heavy atom. The quantitative estimate of drug-likeness (QED) is 0.737. The molecule has 0 heterocycles. The second-order valence-corrected chi connectivity index (χ2v) is 21.0. The van der Waals surface area contributed by atoms with Gasteiger partial charge in [0.2, 0.25) is 0 Å². The predicted octanol–water partition coefficient (Wildman–Crippen LogP) is 2.84. The molecule has 0 radical (unpaired) electrons. The van der Waals surface area contributed by atoms with Gasteiger partial charge in [-0.3, -0.25) is 0 Å². The summed E-state index contributed by atoms with van der Waals surface area (Å²) in [4.78, 5) is 0. The molecule has 6 heteroatoms. The zero-order chi connectivity index (χ0) is 9.69. The van der Waals surface area contributed by atoms with Gasteiger partial charge < -0.3 is 0 Å². The Bertz CT molecular complexity index is 119. The number of hydrogen-bond donors (Lipinski definition) is 0. The zero-order valence-corrected chi connectivity index (χ0v) is 12.3. The SMILES string of the molecule is CC[O][Nd]([Cl])([Cl])([O]CC)[O]CC. The van der Waals surface area contributed by atoms with Gasteiger partial charge in [0.1, 0.15) is 0 Å². The molecule has 0 unspecified atom stereocenters. The average Bonchev–Trinajstić information content (AvgIpc) is 1.86. The first-order valence-electron chi connectivity index (χ1n) is 3.98. The number of hydrogen-bond acceptors (Lipinski definition) is 3. The van der Waals surface area contributed by atoms with E-state index in [1.807, 2.05) is 0 Å². The summed E-state index contributed by atoms with van der Waals surface area (Å²) in [6.45, 7) is 6.63. The Labute approximate surface area is 83.3 Å². The van der Waals surface area contributed by atoms with Crippen molar-refractivity contribution in [2.45, 2.75) is 20.8 Å². The molecule has 0 aromatic rings. The van der Waals surface area contributed by atoms with E-state index in [9.17, 15) is 0 Å². The molecule has 0 aliphatic rings. The molecule has 0 atom stereocenters. The van der Waals surface area contributed by atoms with E-state index in [2.05, 4.69) is 0 Å². The van der Waals surface area contributed by atoms with Gasteiger partial charge in [-0.1, -0.05) is 0 Å². The van der Waals surface area contributed by atoms with Crippen molar-refractivity contribution in [1.29, 1.82) is 0 Å². The first-order chi connectivity index (χ1) is 5.46. The molecule has 0 fully saturated rings. The van der Waals surface area contributed by atoms with Crippen molar-refractivity contribution in [1.82, 2.24) is 0 Å². The fourth-order valence-corrected chi connectivity index (χ4v) is 10.8. The fraction of sp³-hybridized carbons (Fsp3) is 1.00. The zero-order valence-electron chi connectivity index (χ0n) is 7.60. The molecule has 0 aliphatic heterocycles. The molecule has 0 N–H and O–H groups in total. The van der Waals surface area contributed by atoms with Gasteiger partial charge in [-0.05, 0) is 0 Å². The van der Waals surface area contributed by atoms with Crippen LogP contribution in [0.1, 0.15) is 20.8 Å². The Balaban J connectivity index is 4.31. The van der Waals surface area contributed by atoms with Gasteiger partial charge in [-0.2, -0.15) is 0 Å². The third-order valence-electron chi connectivity index (χ3n) is 1.11. The average molecular weight is 350 g/mol. The first kappa shape index (κ1) is 13.8. The maximum absolute atomic E-state index is 6.01. The van der Waals surface area contributed by atoms with E-state index in [1.165, 1.54) is 0 Å². The standard InChI is InChI=1S/3C2H5O.2ClH.Nd/c3*1-2-3;;;/h3*2H2,1H3;2*1H;/q3*-1;;;+5/p-2. The fourth-order valence-electron chi connectivity index (χ4n) is 0.806. The Morgan fingerprint density at radius 3 is 1.25 bits per heavy atom. The predicted molar refractivity (Wildman–Crippen MR) is 46.6 cm³/mol. The molecule has 0 rings (SSSR count). The molecule has 0 spiro atoms. The third-order valence-corrected chi connectivity index (χ3v) is 13.1.